The molecule has 6 amide bonds. The van der Waals surface area contributed by atoms with E-state index in [0.29, 0.717) is 37.1 Å². The Balaban J connectivity index is 0.774. The molecule has 1 aliphatic carbocycles. The third-order valence-electron chi connectivity index (χ3n) is 11.5. The van der Waals surface area contributed by atoms with Crippen LogP contribution in [0.2, 0.25) is 5.02 Å². The van der Waals surface area contributed by atoms with Crippen molar-refractivity contribution in [3.8, 4) is 11.1 Å². The summed E-state index contributed by atoms with van der Waals surface area (Å²) in [4.78, 5) is 90.9. The number of pyridine rings is 1. The third-order valence-corrected chi connectivity index (χ3v) is 11.9. The first-order chi connectivity index (χ1) is 26.6. The number of ether oxygens (including phenoxy) is 1. The van der Waals surface area contributed by atoms with Gasteiger partial charge in [0.05, 0.1) is 22.8 Å². The highest BCUT2D eigenvalue weighted by atomic mass is 35.5. The summed E-state index contributed by atoms with van der Waals surface area (Å²) in [5.74, 6) is -1.71. The van der Waals surface area contributed by atoms with Crippen LogP contribution in [0.1, 0.15) is 70.7 Å². The number of anilines is 2. The maximum atomic E-state index is 13.4. The number of piperidine rings is 2. The molecule has 5 aliphatic rings. The molecule has 2 aromatic heterocycles. The van der Waals surface area contributed by atoms with Gasteiger partial charge in [-0.15, -0.1) is 0 Å². The Kier molecular flexibility index (Phi) is 8.79. The van der Waals surface area contributed by atoms with Gasteiger partial charge in [-0.05, 0) is 85.4 Å². The van der Waals surface area contributed by atoms with Gasteiger partial charge in [0, 0.05) is 67.3 Å². The van der Waals surface area contributed by atoms with Crippen LogP contribution in [0, 0.1) is 5.92 Å². The van der Waals surface area contributed by atoms with Crippen LogP contribution in [-0.4, -0.2) is 101 Å². The first-order valence-corrected chi connectivity index (χ1v) is 19.1. The SMILES string of the molecule is O=C1CCC(N2C(=O)c3ccc(N4CCC(COC(=O)N5CCN(c6cccc(-c7cnc8[nH]cc(C9CC9)c8c7Cl)c6)C(=O)C5)CC4)cc3C2=O)C(=O)N1. The maximum Gasteiger partial charge on any atom is 0.410 e. The highest BCUT2D eigenvalue weighted by Gasteiger charge is 2.45. The number of rotatable bonds is 7. The highest BCUT2D eigenvalue weighted by Crippen LogP contribution is 2.46. The van der Waals surface area contributed by atoms with E-state index in [2.05, 4.69) is 20.2 Å². The van der Waals surface area contributed by atoms with Crippen LogP contribution < -0.4 is 15.1 Å². The number of hydrogen-bond donors (Lipinski definition) is 2. The average molecular weight is 764 g/mol. The molecule has 0 bridgehead atoms. The molecule has 6 heterocycles. The second-order valence-electron chi connectivity index (χ2n) is 14.9. The first kappa shape index (κ1) is 35.0. The number of aromatic amines is 1. The van der Waals surface area contributed by atoms with Gasteiger partial charge in [-0.2, -0.15) is 0 Å². The van der Waals surface area contributed by atoms with E-state index >= 15 is 0 Å². The van der Waals surface area contributed by atoms with E-state index in [4.69, 9.17) is 16.3 Å². The van der Waals surface area contributed by atoms with Gasteiger partial charge in [0.25, 0.3) is 11.8 Å². The van der Waals surface area contributed by atoms with Gasteiger partial charge < -0.3 is 19.5 Å². The lowest BCUT2D eigenvalue weighted by atomic mass is 9.97. The molecule has 55 heavy (non-hydrogen) atoms. The molecule has 282 valence electrons. The fourth-order valence-electron chi connectivity index (χ4n) is 8.23. The van der Waals surface area contributed by atoms with Crippen molar-refractivity contribution in [1.29, 1.82) is 0 Å². The second-order valence-corrected chi connectivity index (χ2v) is 15.3. The number of nitrogens with zero attached hydrogens (tertiary/aromatic N) is 5. The van der Waals surface area contributed by atoms with Crippen molar-refractivity contribution in [2.24, 2.45) is 5.92 Å². The first-order valence-electron chi connectivity index (χ1n) is 18.7. The fraction of sp³-hybridized carbons (Fsp3) is 0.375. The monoisotopic (exact) mass is 763 g/mol. The number of imide groups is 2. The summed E-state index contributed by atoms with van der Waals surface area (Å²) >= 11 is 6.96. The number of hydrogen-bond acceptors (Lipinski definition) is 9. The molecule has 1 unspecified atom stereocenters. The Hall–Kier alpha value is -5.76. The molecule has 2 aromatic carbocycles. The topological polar surface area (TPSA) is 165 Å². The van der Waals surface area contributed by atoms with Crippen LogP contribution in [-0.2, 0) is 19.1 Å². The predicted octanol–water partition coefficient (Wildman–Crippen LogP) is 4.86. The standard InChI is InChI=1S/C40H38ClN7O7/c41-35-30(19-43-36-34(35)29(18-42-36)23-4-5-23)24-2-1-3-26(16-24)47-15-14-46(20-33(47)50)40(54)55-21-22-10-12-45(13-11-22)25-6-7-27-28(17-25)39(53)48(38(27)52)31-8-9-32(49)44-37(31)51/h1-3,6-7,16-19,22-23,31H,4-5,8-15,20-21H2,(H,42,43)(H,44,49,51). The van der Waals surface area contributed by atoms with E-state index in [0.717, 1.165) is 64.1 Å². The van der Waals surface area contributed by atoms with E-state index in [1.165, 1.54) is 10.5 Å². The number of amides is 6. The summed E-state index contributed by atoms with van der Waals surface area (Å²) in [5.41, 5.74) is 5.61. The summed E-state index contributed by atoms with van der Waals surface area (Å²) in [6.45, 7) is 2.09. The summed E-state index contributed by atoms with van der Waals surface area (Å²) in [6, 6.07) is 11.8. The lowest BCUT2D eigenvalue weighted by molar-refractivity contribution is -0.136. The molecule has 0 spiro atoms. The number of carbonyl (C=O) groups is 6. The number of piperazine rings is 1. The van der Waals surface area contributed by atoms with E-state index < -0.39 is 35.8 Å². The van der Waals surface area contributed by atoms with Crippen LogP contribution in [0.15, 0.2) is 54.9 Å². The Morgan fingerprint density at radius 3 is 2.44 bits per heavy atom. The van der Waals surface area contributed by atoms with Crippen molar-refractivity contribution in [3.63, 3.8) is 0 Å². The molecule has 2 N–H and O–H groups in total. The van der Waals surface area contributed by atoms with Crippen LogP contribution in [0.4, 0.5) is 16.2 Å². The number of aromatic nitrogens is 2. The molecule has 15 heteroatoms. The Bertz CT molecular complexity index is 2300. The third kappa shape index (κ3) is 6.37. The average Bonchev–Trinajstić information content (AvgIpc) is 3.90. The number of H-pyrrole nitrogens is 1. The Labute approximate surface area is 320 Å². The normalized spacial score (nSPS) is 20.7. The largest absolute Gasteiger partial charge is 0.449 e. The number of carbonyl (C=O) groups excluding carboxylic acids is 6. The van der Waals surface area contributed by atoms with Crippen molar-refractivity contribution in [3.05, 3.63) is 76.6 Å². The smallest absolute Gasteiger partial charge is 0.410 e. The fourth-order valence-corrected chi connectivity index (χ4v) is 8.59. The predicted molar refractivity (Wildman–Crippen MR) is 202 cm³/mol. The summed E-state index contributed by atoms with van der Waals surface area (Å²) in [6.07, 6.45) is 7.18. The van der Waals surface area contributed by atoms with E-state index in [9.17, 15) is 28.8 Å². The van der Waals surface area contributed by atoms with Gasteiger partial charge in [-0.25, -0.2) is 9.78 Å². The summed E-state index contributed by atoms with van der Waals surface area (Å²) in [7, 11) is 0. The van der Waals surface area contributed by atoms with Gasteiger partial charge in [-0.3, -0.25) is 39.1 Å². The molecule has 1 saturated carbocycles. The molecular weight excluding hydrogens is 726 g/mol. The number of nitrogens with one attached hydrogen (secondary N) is 2. The van der Waals surface area contributed by atoms with E-state index in [1.807, 2.05) is 30.5 Å². The lowest BCUT2D eigenvalue weighted by Gasteiger charge is -2.35. The van der Waals surface area contributed by atoms with Crippen LogP contribution in [0.5, 0.6) is 0 Å². The van der Waals surface area contributed by atoms with Crippen molar-refractivity contribution in [2.45, 2.75) is 50.5 Å². The summed E-state index contributed by atoms with van der Waals surface area (Å²) < 4.78 is 5.70. The van der Waals surface area contributed by atoms with Crippen LogP contribution in [0.3, 0.4) is 0 Å². The molecule has 0 radical (unpaired) electrons. The van der Waals surface area contributed by atoms with Gasteiger partial charge >= 0.3 is 6.09 Å². The second kappa shape index (κ2) is 13.8. The number of halogens is 1. The van der Waals surface area contributed by atoms with Crippen LogP contribution in [0.25, 0.3) is 22.2 Å². The molecule has 4 aromatic rings. The Morgan fingerprint density at radius 1 is 0.873 bits per heavy atom. The minimum absolute atomic E-state index is 0.0618. The highest BCUT2D eigenvalue weighted by molar-refractivity contribution is 6.38. The summed E-state index contributed by atoms with van der Waals surface area (Å²) in [5, 5.41) is 3.82. The van der Waals surface area contributed by atoms with Crippen molar-refractivity contribution < 1.29 is 33.5 Å². The molecule has 14 nitrogen and oxygen atoms in total. The van der Waals surface area contributed by atoms with Gasteiger partial charge in [0.1, 0.15) is 18.2 Å². The number of fused-ring (bicyclic) bond motifs is 2. The molecule has 9 rings (SSSR count). The minimum Gasteiger partial charge on any atom is -0.449 e. The van der Waals surface area contributed by atoms with Crippen molar-refractivity contribution >= 4 is 69.6 Å². The quantitative estimate of drug-likeness (QED) is 0.250. The zero-order valence-electron chi connectivity index (χ0n) is 29.9. The molecule has 4 aliphatic heterocycles. The zero-order chi connectivity index (χ0) is 38.0. The van der Waals surface area contributed by atoms with Crippen molar-refractivity contribution in [2.75, 3.05) is 49.1 Å². The number of benzene rings is 2. The van der Waals surface area contributed by atoms with Gasteiger partial charge in [0.2, 0.25) is 17.7 Å². The zero-order valence-corrected chi connectivity index (χ0v) is 30.6. The molecule has 3 saturated heterocycles. The van der Waals surface area contributed by atoms with E-state index in [1.54, 1.807) is 29.3 Å². The van der Waals surface area contributed by atoms with Crippen molar-refractivity contribution in [1.82, 2.24) is 25.1 Å². The molecule has 1 atom stereocenters. The molecule has 4 fully saturated rings. The van der Waals surface area contributed by atoms with E-state index in [-0.39, 0.29) is 48.9 Å². The minimum atomic E-state index is -1.01. The Morgan fingerprint density at radius 2 is 1.67 bits per heavy atom. The lowest BCUT2D eigenvalue weighted by Crippen LogP contribution is -2.54. The van der Waals surface area contributed by atoms with Gasteiger partial charge in [0.15, 0.2) is 0 Å². The van der Waals surface area contributed by atoms with Crippen LogP contribution >= 0.6 is 11.6 Å². The maximum absolute atomic E-state index is 13.4. The van der Waals surface area contributed by atoms with Gasteiger partial charge in [-0.1, -0.05) is 23.7 Å². The molecular formula is C40H38ClN7O7.